The first kappa shape index (κ1) is 22.3. The molecule has 3 rings (SSSR count). The molecule has 166 valence electrons. The van der Waals surface area contributed by atoms with Gasteiger partial charge < -0.3 is 19.9 Å². The molecular weight excluding hydrogens is 382 g/mol. The first-order chi connectivity index (χ1) is 14.6. The van der Waals surface area contributed by atoms with E-state index in [0.717, 1.165) is 63.4 Å². The van der Waals surface area contributed by atoms with E-state index in [-0.39, 0.29) is 17.8 Å². The predicted octanol–water partition coefficient (Wildman–Crippen LogP) is 2.71. The van der Waals surface area contributed by atoms with E-state index in [0.29, 0.717) is 32.0 Å². The van der Waals surface area contributed by atoms with Crippen LogP contribution in [0, 0.1) is 11.8 Å². The Balaban J connectivity index is 1.37. The summed E-state index contributed by atoms with van der Waals surface area (Å²) < 4.78 is 5.11. The van der Waals surface area contributed by atoms with Gasteiger partial charge in [0.2, 0.25) is 5.91 Å². The summed E-state index contributed by atoms with van der Waals surface area (Å²) in [6, 6.07) is 2.01. The summed E-state index contributed by atoms with van der Waals surface area (Å²) in [7, 11) is 0. The molecule has 30 heavy (non-hydrogen) atoms. The van der Waals surface area contributed by atoms with Crippen LogP contribution in [0.25, 0.3) is 0 Å². The second-order valence-electron chi connectivity index (χ2n) is 8.17. The number of ether oxygens (including phenoxy) is 1. The van der Waals surface area contributed by atoms with Crippen molar-refractivity contribution in [2.75, 3.05) is 49.5 Å². The maximum atomic E-state index is 12.6. The molecule has 0 radical (unpaired) electrons. The molecule has 0 spiro atoms. The van der Waals surface area contributed by atoms with Crippen molar-refractivity contribution in [1.82, 2.24) is 14.9 Å². The zero-order valence-corrected chi connectivity index (χ0v) is 18.3. The smallest absolute Gasteiger partial charge is 0.309 e. The largest absolute Gasteiger partial charge is 0.466 e. The molecule has 1 aromatic rings. The quantitative estimate of drug-likeness (QED) is 0.651. The van der Waals surface area contributed by atoms with Crippen molar-refractivity contribution in [2.45, 2.75) is 52.4 Å². The summed E-state index contributed by atoms with van der Waals surface area (Å²) in [5.41, 5.74) is 0. The maximum Gasteiger partial charge on any atom is 0.309 e. The van der Waals surface area contributed by atoms with Gasteiger partial charge >= 0.3 is 5.97 Å². The number of esters is 1. The van der Waals surface area contributed by atoms with Gasteiger partial charge in [-0.2, -0.15) is 0 Å². The number of nitrogens with zero attached hydrogens (tertiary/aromatic N) is 4. The molecule has 1 N–H and O–H groups in total. The number of amides is 1. The van der Waals surface area contributed by atoms with Gasteiger partial charge in [-0.15, -0.1) is 0 Å². The topological polar surface area (TPSA) is 87.7 Å². The van der Waals surface area contributed by atoms with Gasteiger partial charge in [0.25, 0.3) is 0 Å². The van der Waals surface area contributed by atoms with Crippen LogP contribution < -0.4 is 10.2 Å². The normalized spacial score (nSPS) is 18.3. The van der Waals surface area contributed by atoms with Crippen LogP contribution in [0.4, 0.5) is 11.6 Å². The van der Waals surface area contributed by atoms with E-state index in [1.807, 2.05) is 17.9 Å². The van der Waals surface area contributed by atoms with Crippen LogP contribution >= 0.6 is 0 Å². The van der Waals surface area contributed by atoms with E-state index < -0.39 is 0 Å². The SMILES string of the molecule is CCNc1cc(N2CCC(CCC(=O)N3CCC(C(=O)OCC)CC3)CC2)ncn1. The minimum atomic E-state index is -0.113. The Morgan fingerprint density at radius 1 is 1.10 bits per heavy atom. The lowest BCUT2D eigenvalue weighted by molar-refractivity contribution is -0.151. The second kappa shape index (κ2) is 11.1. The van der Waals surface area contributed by atoms with Gasteiger partial charge in [0, 0.05) is 45.2 Å². The molecule has 8 heteroatoms. The summed E-state index contributed by atoms with van der Waals surface area (Å²) >= 11 is 0. The van der Waals surface area contributed by atoms with Crippen LogP contribution in [0.15, 0.2) is 12.4 Å². The fourth-order valence-electron chi connectivity index (χ4n) is 4.36. The highest BCUT2D eigenvalue weighted by Crippen LogP contribution is 2.27. The van der Waals surface area contributed by atoms with E-state index in [4.69, 9.17) is 4.74 Å². The summed E-state index contributed by atoms with van der Waals surface area (Å²) in [6.07, 6.45) is 6.76. The first-order valence-electron chi connectivity index (χ1n) is 11.4. The molecule has 0 aliphatic carbocycles. The fourth-order valence-corrected chi connectivity index (χ4v) is 4.36. The first-order valence-corrected chi connectivity index (χ1v) is 11.4. The van der Waals surface area contributed by atoms with Gasteiger partial charge in [-0.1, -0.05) is 0 Å². The number of likely N-dealkylation sites (tertiary alicyclic amines) is 1. The molecule has 8 nitrogen and oxygen atoms in total. The molecular formula is C22H35N5O3. The van der Waals surface area contributed by atoms with E-state index in [9.17, 15) is 9.59 Å². The van der Waals surface area contributed by atoms with E-state index in [2.05, 4.69) is 27.1 Å². The Labute approximate surface area is 179 Å². The minimum Gasteiger partial charge on any atom is -0.466 e. The summed E-state index contributed by atoms with van der Waals surface area (Å²) in [5.74, 6) is 2.48. The number of anilines is 2. The molecule has 0 unspecified atom stereocenters. The zero-order valence-electron chi connectivity index (χ0n) is 18.3. The average Bonchev–Trinajstić information content (AvgIpc) is 2.78. The molecule has 3 heterocycles. The Morgan fingerprint density at radius 2 is 1.83 bits per heavy atom. The Kier molecular flexibility index (Phi) is 8.28. The van der Waals surface area contributed by atoms with Crippen LogP contribution in [0.5, 0.6) is 0 Å². The fraction of sp³-hybridized carbons (Fsp3) is 0.727. The van der Waals surface area contributed by atoms with Gasteiger partial charge in [0.1, 0.15) is 18.0 Å². The van der Waals surface area contributed by atoms with E-state index >= 15 is 0 Å². The number of aromatic nitrogens is 2. The highest BCUT2D eigenvalue weighted by Gasteiger charge is 2.28. The highest BCUT2D eigenvalue weighted by molar-refractivity contribution is 5.77. The summed E-state index contributed by atoms with van der Waals surface area (Å²) in [6.45, 7) is 8.41. The van der Waals surface area contributed by atoms with Crippen LogP contribution in [0.1, 0.15) is 52.4 Å². The highest BCUT2D eigenvalue weighted by atomic mass is 16.5. The third-order valence-corrected chi connectivity index (χ3v) is 6.18. The van der Waals surface area contributed by atoms with Crippen molar-refractivity contribution >= 4 is 23.5 Å². The lowest BCUT2D eigenvalue weighted by Gasteiger charge is -2.34. The van der Waals surface area contributed by atoms with Crippen molar-refractivity contribution in [3.8, 4) is 0 Å². The number of rotatable bonds is 8. The monoisotopic (exact) mass is 417 g/mol. The van der Waals surface area contributed by atoms with Gasteiger partial charge in [-0.3, -0.25) is 9.59 Å². The maximum absolute atomic E-state index is 12.6. The van der Waals surface area contributed by atoms with Gasteiger partial charge in [0.15, 0.2) is 0 Å². The minimum absolute atomic E-state index is 0.0480. The van der Waals surface area contributed by atoms with E-state index in [1.165, 1.54) is 0 Å². The van der Waals surface area contributed by atoms with Crippen LogP contribution in [-0.4, -0.2) is 66.1 Å². The zero-order chi connectivity index (χ0) is 21.3. The van der Waals surface area contributed by atoms with Crippen molar-refractivity contribution in [3.63, 3.8) is 0 Å². The number of hydrogen-bond acceptors (Lipinski definition) is 7. The molecule has 1 amide bonds. The third-order valence-electron chi connectivity index (χ3n) is 6.18. The third kappa shape index (κ3) is 6.06. The van der Waals surface area contributed by atoms with Crippen molar-refractivity contribution in [3.05, 3.63) is 12.4 Å². The lowest BCUT2D eigenvalue weighted by Crippen LogP contribution is -2.41. The van der Waals surface area contributed by atoms with Crippen molar-refractivity contribution in [1.29, 1.82) is 0 Å². The molecule has 0 saturated carbocycles. The van der Waals surface area contributed by atoms with Gasteiger partial charge in [-0.05, 0) is 51.9 Å². The molecule has 0 bridgehead atoms. The molecule has 1 aromatic heterocycles. The summed E-state index contributed by atoms with van der Waals surface area (Å²) in [4.78, 5) is 37.3. The molecule has 2 fully saturated rings. The average molecular weight is 418 g/mol. The Hall–Kier alpha value is -2.38. The Bertz CT molecular complexity index is 698. The molecule has 2 aliphatic rings. The Morgan fingerprint density at radius 3 is 2.50 bits per heavy atom. The molecule has 0 atom stereocenters. The number of carbonyl (C=O) groups excluding carboxylic acids is 2. The van der Waals surface area contributed by atoms with Crippen molar-refractivity contribution in [2.24, 2.45) is 11.8 Å². The van der Waals surface area contributed by atoms with Crippen LogP contribution in [-0.2, 0) is 14.3 Å². The van der Waals surface area contributed by atoms with Crippen LogP contribution in [0.2, 0.25) is 0 Å². The number of nitrogens with one attached hydrogen (secondary N) is 1. The summed E-state index contributed by atoms with van der Waals surface area (Å²) in [5, 5.41) is 3.23. The molecule has 2 saturated heterocycles. The van der Waals surface area contributed by atoms with E-state index in [1.54, 1.807) is 6.33 Å². The second-order valence-corrected chi connectivity index (χ2v) is 8.17. The predicted molar refractivity (Wildman–Crippen MR) is 116 cm³/mol. The number of piperidine rings is 2. The van der Waals surface area contributed by atoms with Gasteiger partial charge in [-0.25, -0.2) is 9.97 Å². The molecule has 0 aromatic carbocycles. The van der Waals surface area contributed by atoms with Crippen LogP contribution in [0.3, 0.4) is 0 Å². The number of carbonyl (C=O) groups is 2. The van der Waals surface area contributed by atoms with Gasteiger partial charge in [0.05, 0.1) is 12.5 Å². The number of hydrogen-bond donors (Lipinski definition) is 1. The molecule has 2 aliphatic heterocycles. The van der Waals surface area contributed by atoms with Crippen molar-refractivity contribution < 1.29 is 14.3 Å². The lowest BCUT2D eigenvalue weighted by atomic mass is 9.91. The standard InChI is InChI=1S/C22H35N5O3/c1-3-23-19-15-20(25-16-24-19)26-11-7-17(8-12-26)5-6-21(28)27-13-9-18(10-14-27)22(29)30-4-2/h15-18H,3-14H2,1-2H3,(H,23,24,25).